The van der Waals surface area contributed by atoms with Crippen molar-refractivity contribution in [1.29, 1.82) is 0 Å². The van der Waals surface area contributed by atoms with Crippen molar-refractivity contribution in [3.8, 4) is 16.9 Å². The summed E-state index contributed by atoms with van der Waals surface area (Å²) in [5.41, 5.74) is 2.15. The van der Waals surface area contributed by atoms with Gasteiger partial charge in [0.2, 0.25) is 0 Å². The van der Waals surface area contributed by atoms with Crippen LogP contribution in [0.25, 0.3) is 11.1 Å². The molecule has 6 heteroatoms. The van der Waals surface area contributed by atoms with Gasteiger partial charge in [-0.15, -0.1) is 0 Å². The molecule has 5 nitrogen and oxygen atoms in total. The molecule has 1 atom stereocenters. The summed E-state index contributed by atoms with van der Waals surface area (Å²) in [4.78, 5) is 12.1. The highest BCUT2D eigenvalue weighted by Crippen LogP contribution is 2.34. The average molecular weight is 392 g/mol. The summed E-state index contributed by atoms with van der Waals surface area (Å²) < 4.78 is 16.0. The zero-order chi connectivity index (χ0) is 20.0. The molecular weight excluding hydrogens is 366 g/mol. The Morgan fingerprint density at radius 2 is 1.93 bits per heavy atom. The van der Waals surface area contributed by atoms with Gasteiger partial charge in [-0.3, -0.25) is 0 Å². The Hall–Kier alpha value is -2.24. The van der Waals surface area contributed by atoms with Gasteiger partial charge >= 0.3 is 6.09 Å². The lowest BCUT2D eigenvalue weighted by atomic mass is 9.99. The molecular formula is C21H26ClNO4. The number of benzene rings is 2. The van der Waals surface area contributed by atoms with Crippen LogP contribution in [-0.4, -0.2) is 25.6 Å². The highest BCUT2D eigenvalue weighted by molar-refractivity contribution is 6.30. The van der Waals surface area contributed by atoms with Crippen LogP contribution in [0.2, 0.25) is 5.02 Å². The smallest absolute Gasteiger partial charge is 0.408 e. The SMILES string of the molecule is COCOc1ccc(C(C)NC(=O)OC(C)(C)C)cc1-c1cccc(Cl)c1. The van der Waals surface area contributed by atoms with Gasteiger partial charge in [-0.25, -0.2) is 4.79 Å². The van der Waals surface area contributed by atoms with E-state index in [1.165, 1.54) is 0 Å². The molecule has 146 valence electrons. The third kappa shape index (κ3) is 6.45. The number of hydrogen-bond acceptors (Lipinski definition) is 4. The first-order valence-electron chi connectivity index (χ1n) is 8.71. The van der Waals surface area contributed by atoms with E-state index in [4.69, 9.17) is 25.8 Å². The van der Waals surface area contributed by atoms with Crippen molar-refractivity contribution in [2.45, 2.75) is 39.3 Å². The van der Waals surface area contributed by atoms with Crippen molar-refractivity contribution in [3.05, 3.63) is 53.1 Å². The number of hydrogen-bond donors (Lipinski definition) is 1. The Kier molecular flexibility index (Phi) is 7.11. The van der Waals surface area contributed by atoms with Crippen LogP contribution in [-0.2, 0) is 9.47 Å². The number of ether oxygens (including phenoxy) is 3. The largest absolute Gasteiger partial charge is 0.467 e. The van der Waals surface area contributed by atoms with Crippen molar-refractivity contribution >= 4 is 17.7 Å². The van der Waals surface area contributed by atoms with Crippen LogP contribution < -0.4 is 10.1 Å². The molecule has 0 aliphatic rings. The maximum atomic E-state index is 12.1. The summed E-state index contributed by atoms with van der Waals surface area (Å²) in [6.07, 6.45) is -0.459. The number of halogens is 1. The van der Waals surface area contributed by atoms with Gasteiger partial charge in [0.15, 0.2) is 6.79 Å². The van der Waals surface area contributed by atoms with Gasteiger partial charge in [-0.2, -0.15) is 0 Å². The van der Waals surface area contributed by atoms with Crippen LogP contribution in [0.15, 0.2) is 42.5 Å². The van der Waals surface area contributed by atoms with Gasteiger partial charge in [-0.05, 0) is 63.1 Å². The third-order valence-corrected chi connectivity index (χ3v) is 3.94. The van der Waals surface area contributed by atoms with Gasteiger partial charge < -0.3 is 19.5 Å². The van der Waals surface area contributed by atoms with Crippen LogP contribution in [0.3, 0.4) is 0 Å². The van der Waals surface area contributed by atoms with E-state index >= 15 is 0 Å². The maximum Gasteiger partial charge on any atom is 0.408 e. The van der Waals surface area contributed by atoms with E-state index in [1.54, 1.807) is 7.11 Å². The summed E-state index contributed by atoms with van der Waals surface area (Å²) in [6, 6.07) is 13.0. The molecule has 0 saturated carbocycles. The van der Waals surface area contributed by atoms with Gasteiger partial charge in [0, 0.05) is 17.7 Å². The highest BCUT2D eigenvalue weighted by Gasteiger charge is 2.19. The van der Waals surface area contributed by atoms with Crippen LogP contribution in [0, 0.1) is 0 Å². The molecule has 0 bridgehead atoms. The van der Waals surface area contributed by atoms with Gasteiger partial charge in [0.1, 0.15) is 11.4 Å². The molecule has 1 N–H and O–H groups in total. The fraction of sp³-hybridized carbons (Fsp3) is 0.381. The van der Waals surface area contributed by atoms with Gasteiger partial charge in [0.05, 0.1) is 6.04 Å². The second kappa shape index (κ2) is 9.11. The Labute approximate surface area is 165 Å². The number of rotatable bonds is 6. The van der Waals surface area contributed by atoms with Crippen molar-refractivity contribution < 1.29 is 19.0 Å². The number of carbonyl (C=O) groups is 1. The van der Waals surface area contributed by atoms with Crippen molar-refractivity contribution in [2.24, 2.45) is 0 Å². The van der Waals surface area contributed by atoms with Crippen LogP contribution in [0.1, 0.15) is 39.3 Å². The Bertz CT molecular complexity index is 786. The minimum atomic E-state index is -0.548. The molecule has 0 spiro atoms. The predicted molar refractivity (Wildman–Crippen MR) is 107 cm³/mol. The first-order valence-corrected chi connectivity index (χ1v) is 9.08. The Morgan fingerprint density at radius 3 is 2.56 bits per heavy atom. The number of carbonyl (C=O) groups excluding carboxylic acids is 1. The first kappa shape index (κ1) is 21.1. The molecule has 0 heterocycles. The van der Waals surface area contributed by atoms with Gasteiger partial charge in [0.25, 0.3) is 0 Å². The fourth-order valence-electron chi connectivity index (χ4n) is 2.51. The standard InChI is InChI=1S/C21H26ClNO4/c1-14(23-20(24)27-21(2,3)4)15-9-10-19(26-13-25-5)18(12-15)16-7-6-8-17(22)11-16/h6-12,14H,13H2,1-5H3,(H,23,24). The number of nitrogens with one attached hydrogen (secondary N) is 1. The predicted octanol–water partition coefficient (Wildman–Crippen LogP) is 5.58. The number of amides is 1. The summed E-state index contributed by atoms with van der Waals surface area (Å²) in [5.74, 6) is 0.673. The molecule has 0 aliphatic carbocycles. The molecule has 2 aromatic rings. The lowest BCUT2D eigenvalue weighted by molar-refractivity contribution is 0.0508. The Balaban J connectivity index is 2.30. The van der Waals surface area contributed by atoms with E-state index in [9.17, 15) is 4.79 Å². The van der Waals surface area contributed by atoms with E-state index in [0.717, 1.165) is 16.7 Å². The van der Waals surface area contributed by atoms with E-state index in [2.05, 4.69) is 5.32 Å². The lowest BCUT2D eigenvalue weighted by Crippen LogP contribution is -2.34. The first-order chi connectivity index (χ1) is 12.7. The average Bonchev–Trinajstić information content (AvgIpc) is 2.58. The third-order valence-electron chi connectivity index (χ3n) is 3.70. The molecule has 0 aliphatic heterocycles. The monoisotopic (exact) mass is 391 g/mol. The normalized spacial score (nSPS) is 12.4. The molecule has 1 unspecified atom stereocenters. The molecule has 27 heavy (non-hydrogen) atoms. The van der Waals surface area contributed by atoms with E-state index < -0.39 is 11.7 Å². The van der Waals surface area contributed by atoms with Gasteiger partial charge in [-0.1, -0.05) is 29.8 Å². The van der Waals surface area contributed by atoms with Crippen LogP contribution in [0.4, 0.5) is 4.79 Å². The van der Waals surface area contributed by atoms with Crippen LogP contribution in [0.5, 0.6) is 5.75 Å². The zero-order valence-electron chi connectivity index (χ0n) is 16.3. The molecule has 0 fully saturated rings. The fourth-order valence-corrected chi connectivity index (χ4v) is 2.70. The summed E-state index contributed by atoms with van der Waals surface area (Å²) in [5, 5.41) is 3.49. The van der Waals surface area contributed by atoms with Crippen LogP contribution >= 0.6 is 11.6 Å². The second-order valence-electron chi connectivity index (χ2n) is 7.18. The van der Waals surface area contributed by atoms with E-state index in [-0.39, 0.29) is 12.8 Å². The molecule has 0 radical (unpaired) electrons. The maximum absolute atomic E-state index is 12.1. The molecule has 2 aromatic carbocycles. The van der Waals surface area contributed by atoms with Crippen molar-refractivity contribution in [3.63, 3.8) is 0 Å². The highest BCUT2D eigenvalue weighted by atomic mass is 35.5. The minimum absolute atomic E-state index is 0.138. The number of methoxy groups -OCH3 is 1. The topological polar surface area (TPSA) is 56.8 Å². The molecule has 2 rings (SSSR count). The van der Waals surface area contributed by atoms with E-state index in [0.29, 0.717) is 10.8 Å². The quantitative estimate of drug-likeness (QED) is 0.653. The van der Waals surface area contributed by atoms with E-state index in [1.807, 2.05) is 70.2 Å². The molecule has 1 amide bonds. The molecule has 0 aromatic heterocycles. The minimum Gasteiger partial charge on any atom is -0.467 e. The zero-order valence-corrected chi connectivity index (χ0v) is 17.1. The summed E-state index contributed by atoms with van der Waals surface area (Å²) >= 11 is 6.15. The molecule has 0 saturated heterocycles. The number of alkyl carbamates (subject to hydrolysis) is 1. The van der Waals surface area contributed by atoms with Crippen molar-refractivity contribution in [2.75, 3.05) is 13.9 Å². The second-order valence-corrected chi connectivity index (χ2v) is 7.62. The van der Waals surface area contributed by atoms with Crippen molar-refractivity contribution in [1.82, 2.24) is 5.32 Å². The summed E-state index contributed by atoms with van der Waals surface area (Å²) in [6.45, 7) is 7.53. The Morgan fingerprint density at radius 1 is 1.19 bits per heavy atom. The lowest BCUT2D eigenvalue weighted by Gasteiger charge is -2.22. The summed E-state index contributed by atoms with van der Waals surface area (Å²) in [7, 11) is 1.57.